The highest BCUT2D eigenvalue weighted by Gasteiger charge is 2.01. The van der Waals surface area contributed by atoms with Gasteiger partial charge in [0.05, 0.1) is 6.54 Å². The number of dihydropyridines is 1. The lowest BCUT2D eigenvalue weighted by Gasteiger charge is -2.08. The van der Waals surface area contributed by atoms with Gasteiger partial charge in [-0.25, -0.2) is 0 Å². The van der Waals surface area contributed by atoms with Crippen LogP contribution in [-0.4, -0.2) is 12.8 Å². The molecule has 0 atom stereocenters. The van der Waals surface area contributed by atoms with E-state index in [1.54, 1.807) is 0 Å². The molecular formula is C11H12N2. The van der Waals surface area contributed by atoms with Crippen LogP contribution in [0.25, 0.3) is 5.57 Å². The van der Waals surface area contributed by atoms with Gasteiger partial charge in [-0.05, 0) is 23.3 Å². The van der Waals surface area contributed by atoms with E-state index in [4.69, 9.17) is 5.73 Å². The average Bonchev–Trinajstić information content (AvgIpc) is 2.20. The number of nitrogen functional groups attached to an aromatic ring is 1. The van der Waals surface area contributed by atoms with Gasteiger partial charge >= 0.3 is 0 Å². The van der Waals surface area contributed by atoms with Gasteiger partial charge in [0.15, 0.2) is 0 Å². The van der Waals surface area contributed by atoms with Crippen LogP contribution in [0.2, 0.25) is 0 Å². The van der Waals surface area contributed by atoms with Crippen LogP contribution >= 0.6 is 0 Å². The normalized spacial score (nSPS) is 15.5. The van der Waals surface area contributed by atoms with Gasteiger partial charge in [0.2, 0.25) is 0 Å². The fourth-order valence-electron chi connectivity index (χ4n) is 1.42. The molecule has 1 heterocycles. The molecule has 0 saturated heterocycles. The molecule has 0 aliphatic carbocycles. The van der Waals surface area contributed by atoms with Crippen molar-refractivity contribution in [2.75, 3.05) is 12.3 Å². The number of aliphatic imine (C=N–C) groups is 1. The summed E-state index contributed by atoms with van der Waals surface area (Å²) in [5.41, 5.74) is 9.02. The van der Waals surface area contributed by atoms with Crippen LogP contribution in [0.4, 0.5) is 5.69 Å². The molecular weight excluding hydrogens is 160 g/mol. The predicted molar refractivity (Wildman–Crippen MR) is 56.8 cm³/mol. The van der Waals surface area contributed by atoms with Crippen LogP contribution < -0.4 is 5.73 Å². The first kappa shape index (κ1) is 8.05. The van der Waals surface area contributed by atoms with Gasteiger partial charge in [-0.1, -0.05) is 18.2 Å². The molecule has 0 bridgehead atoms. The third kappa shape index (κ3) is 1.78. The van der Waals surface area contributed by atoms with Crippen molar-refractivity contribution in [1.82, 2.24) is 0 Å². The van der Waals surface area contributed by atoms with Crippen LogP contribution in [-0.2, 0) is 0 Å². The Kier molecular flexibility index (Phi) is 2.13. The first-order valence-corrected chi connectivity index (χ1v) is 4.39. The Hall–Kier alpha value is -1.57. The fraction of sp³-hybridized carbons (Fsp3) is 0.182. The molecule has 1 aliphatic heterocycles. The Morgan fingerprint density at radius 3 is 2.54 bits per heavy atom. The van der Waals surface area contributed by atoms with Gasteiger partial charge in [-0.15, -0.1) is 0 Å². The minimum Gasteiger partial charge on any atom is -0.399 e. The molecule has 13 heavy (non-hydrogen) atoms. The number of anilines is 1. The molecule has 0 amide bonds. The zero-order chi connectivity index (χ0) is 9.10. The van der Waals surface area contributed by atoms with Crippen LogP contribution in [0.5, 0.6) is 0 Å². The molecule has 2 rings (SSSR count). The summed E-state index contributed by atoms with van der Waals surface area (Å²) >= 11 is 0. The van der Waals surface area contributed by atoms with E-state index < -0.39 is 0 Å². The number of rotatable bonds is 1. The predicted octanol–water partition coefficient (Wildman–Crippen LogP) is 2.13. The summed E-state index contributed by atoms with van der Waals surface area (Å²) in [5, 5.41) is 0. The highest BCUT2D eigenvalue weighted by atomic mass is 14.7. The second kappa shape index (κ2) is 3.44. The van der Waals surface area contributed by atoms with Crippen molar-refractivity contribution in [2.45, 2.75) is 6.42 Å². The van der Waals surface area contributed by atoms with E-state index in [0.29, 0.717) is 0 Å². The summed E-state index contributed by atoms with van der Waals surface area (Å²) in [4.78, 5) is 4.14. The standard InChI is InChI=1S/C11H12N2/c12-11-3-1-9(2-4-11)10-5-7-13-8-6-10/h1-5,8H,6-7,12H2. The van der Waals surface area contributed by atoms with Gasteiger partial charge in [-0.2, -0.15) is 0 Å². The maximum atomic E-state index is 5.61. The second-order valence-corrected chi connectivity index (χ2v) is 3.10. The second-order valence-electron chi connectivity index (χ2n) is 3.10. The molecule has 1 aliphatic rings. The molecule has 66 valence electrons. The molecule has 2 heteroatoms. The third-order valence-electron chi connectivity index (χ3n) is 2.16. The van der Waals surface area contributed by atoms with Crippen molar-refractivity contribution in [1.29, 1.82) is 0 Å². The fourth-order valence-corrected chi connectivity index (χ4v) is 1.42. The van der Waals surface area contributed by atoms with E-state index in [1.165, 1.54) is 11.1 Å². The zero-order valence-corrected chi connectivity index (χ0v) is 7.40. The lowest BCUT2D eigenvalue weighted by molar-refractivity contribution is 1.20. The van der Waals surface area contributed by atoms with Crippen LogP contribution in [0.3, 0.4) is 0 Å². The highest BCUT2D eigenvalue weighted by Crippen LogP contribution is 2.20. The monoisotopic (exact) mass is 172 g/mol. The molecule has 1 aromatic rings. The van der Waals surface area contributed by atoms with Crippen molar-refractivity contribution in [3.05, 3.63) is 35.9 Å². The summed E-state index contributed by atoms with van der Waals surface area (Å²) in [6.45, 7) is 0.805. The third-order valence-corrected chi connectivity index (χ3v) is 2.16. The smallest absolute Gasteiger partial charge is 0.0572 e. The number of hydrogen-bond donors (Lipinski definition) is 1. The van der Waals surface area contributed by atoms with Crippen LogP contribution in [0.15, 0.2) is 35.3 Å². The zero-order valence-electron chi connectivity index (χ0n) is 7.40. The van der Waals surface area contributed by atoms with Gasteiger partial charge < -0.3 is 5.73 Å². The SMILES string of the molecule is Nc1ccc(C2=CCN=CC2)cc1. The Morgan fingerprint density at radius 1 is 1.15 bits per heavy atom. The topological polar surface area (TPSA) is 38.4 Å². The largest absolute Gasteiger partial charge is 0.399 e. The van der Waals surface area contributed by atoms with E-state index in [1.807, 2.05) is 18.3 Å². The summed E-state index contributed by atoms with van der Waals surface area (Å²) in [7, 11) is 0. The lowest BCUT2D eigenvalue weighted by Crippen LogP contribution is -1.94. The number of allylic oxidation sites excluding steroid dienone is 1. The Morgan fingerprint density at radius 2 is 1.92 bits per heavy atom. The van der Waals surface area contributed by atoms with Gasteiger partial charge in [0, 0.05) is 18.3 Å². The van der Waals surface area contributed by atoms with Crippen molar-refractivity contribution >= 4 is 17.5 Å². The molecule has 2 N–H and O–H groups in total. The lowest BCUT2D eigenvalue weighted by atomic mass is 10.0. The first-order valence-electron chi connectivity index (χ1n) is 4.39. The summed E-state index contributed by atoms with van der Waals surface area (Å²) in [5.74, 6) is 0. The van der Waals surface area contributed by atoms with E-state index >= 15 is 0 Å². The quantitative estimate of drug-likeness (QED) is 0.647. The summed E-state index contributed by atoms with van der Waals surface area (Å²) in [6, 6.07) is 7.98. The molecule has 0 spiro atoms. The van der Waals surface area contributed by atoms with E-state index in [0.717, 1.165) is 18.7 Å². The molecule has 0 saturated carbocycles. The Labute approximate surface area is 77.8 Å². The van der Waals surface area contributed by atoms with Crippen LogP contribution in [0, 0.1) is 0 Å². The summed E-state index contributed by atoms with van der Waals surface area (Å²) in [6.07, 6.45) is 5.06. The van der Waals surface area contributed by atoms with E-state index in [2.05, 4.69) is 23.2 Å². The highest BCUT2D eigenvalue weighted by molar-refractivity contribution is 5.81. The van der Waals surface area contributed by atoms with Gasteiger partial charge in [0.1, 0.15) is 0 Å². The average molecular weight is 172 g/mol. The van der Waals surface area contributed by atoms with Crippen molar-refractivity contribution < 1.29 is 0 Å². The molecule has 0 fully saturated rings. The van der Waals surface area contributed by atoms with E-state index in [9.17, 15) is 0 Å². The Balaban J connectivity index is 2.25. The number of benzene rings is 1. The molecule has 0 radical (unpaired) electrons. The minimum absolute atomic E-state index is 0.805. The maximum absolute atomic E-state index is 5.61. The maximum Gasteiger partial charge on any atom is 0.0572 e. The number of hydrogen-bond acceptors (Lipinski definition) is 2. The molecule has 1 aromatic carbocycles. The minimum atomic E-state index is 0.805. The molecule has 0 unspecified atom stereocenters. The van der Waals surface area contributed by atoms with Crippen LogP contribution in [0.1, 0.15) is 12.0 Å². The van der Waals surface area contributed by atoms with Crippen molar-refractivity contribution in [3.8, 4) is 0 Å². The van der Waals surface area contributed by atoms with Crippen molar-refractivity contribution in [2.24, 2.45) is 4.99 Å². The van der Waals surface area contributed by atoms with E-state index in [-0.39, 0.29) is 0 Å². The Bertz CT molecular complexity index is 347. The molecule has 2 nitrogen and oxygen atoms in total. The van der Waals surface area contributed by atoms with Crippen molar-refractivity contribution in [3.63, 3.8) is 0 Å². The molecule has 0 aromatic heterocycles. The number of nitrogens with two attached hydrogens (primary N) is 1. The number of nitrogens with zero attached hydrogens (tertiary/aromatic N) is 1. The van der Waals surface area contributed by atoms with Gasteiger partial charge in [0.25, 0.3) is 0 Å². The van der Waals surface area contributed by atoms with Gasteiger partial charge in [-0.3, -0.25) is 4.99 Å². The first-order chi connectivity index (χ1) is 6.36. The summed E-state index contributed by atoms with van der Waals surface area (Å²) < 4.78 is 0.